The Bertz CT molecular complexity index is 461. The Morgan fingerprint density at radius 2 is 1.89 bits per heavy atom. The fourth-order valence-corrected chi connectivity index (χ4v) is 2.19. The molecule has 0 bridgehead atoms. The van der Waals surface area contributed by atoms with E-state index in [0.29, 0.717) is 0 Å². The van der Waals surface area contributed by atoms with Crippen molar-refractivity contribution in [3.63, 3.8) is 0 Å². The number of amides is 1. The van der Waals surface area contributed by atoms with Gasteiger partial charge in [-0.05, 0) is 18.9 Å². The van der Waals surface area contributed by atoms with Crippen LogP contribution in [0.3, 0.4) is 0 Å². The molecular weight excluding hydrogens is 259 g/mol. The first-order valence-electron chi connectivity index (χ1n) is 6.04. The normalized spacial score (nSPS) is 19.1. The topological polar surface area (TPSA) is 49.3 Å². The zero-order valence-corrected chi connectivity index (χ0v) is 10.1. The number of halogens is 3. The third-order valence-corrected chi connectivity index (χ3v) is 3.24. The van der Waals surface area contributed by atoms with Crippen LogP contribution >= 0.6 is 0 Å². The third-order valence-electron chi connectivity index (χ3n) is 3.24. The van der Waals surface area contributed by atoms with Crippen LogP contribution in [0.2, 0.25) is 0 Å². The zero-order valence-electron chi connectivity index (χ0n) is 10.1. The summed E-state index contributed by atoms with van der Waals surface area (Å²) in [6, 6.07) is 3.18. The molecule has 1 aliphatic carbocycles. The van der Waals surface area contributed by atoms with Crippen LogP contribution in [0.5, 0.6) is 5.75 Å². The van der Waals surface area contributed by atoms with Crippen molar-refractivity contribution in [1.29, 1.82) is 0 Å². The van der Waals surface area contributed by atoms with Gasteiger partial charge in [0.2, 0.25) is 11.8 Å². The smallest absolute Gasteiger partial charge is 0.248 e. The van der Waals surface area contributed by atoms with Crippen LogP contribution < -0.4 is 5.32 Å². The number of phenols is 1. The summed E-state index contributed by atoms with van der Waals surface area (Å²) in [5.41, 5.74) is 0.125. The predicted molar refractivity (Wildman–Crippen MR) is 63.6 cm³/mol. The molecule has 0 aliphatic heterocycles. The molecule has 6 heteroatoms. The molecule has 19 heavy (non-hydrogen) atoms. The minimum atomic E-state index is -2.69. The number of alkyl halides is 2. The van der Waals surface area contributed by atoms with E-state index in [-0.39, 0.29) is 37.1 Å². The summed E-state index contributed by atoms with van der Waals surface area (Å²) < 4.78 is 38.9. The first-order valence-corrected chi connectivity index (χ1v) is 6.04. The number of hydrogen-bond donors (Lipinski definition) is 2. The molecule has 0 unspecified atom stereocenters. The van der Waals surface area contributed by atoms with Gasteiger partial charge in [0, 0.05) is 36.6 Å². The van der Waals surface area contributed by atoms with Crippen molar-refractivity contribution < 1.29 is 23.1 Å². The van der Waals surface area contributed by atoms with E-state index in [1.807, 2.05) is 0 Å². The molecule has 1 amide bonds. The van der Waals surface area contributed by atoms with E-state index in [1.165, 1.54) is 6.07 Å². The molecule has 0 atom stereocenters. The van der Waals surface area contributed by atoms with Crippen molar-refractivity contribution >= 4 is 11.6 Å². The third kappa shape index (κ3) is 3.62. The van der Waals surface area contributed by atoms with Crippen LogP contribution in [0.1, 0.15) is 25.7 Å². The van der Waals surface area contributed by atoms with Gasteiger partial charge in [0.05, 0.1) is 0 Å². The highest BCUT2D eigenvalue weighted by molar-refractivity contribution is 5.92. The summed E-state index contributed by atoms with van der Waals surface area (Å²) in [4.78, 5) is 11.8. The first-order chi connectivity index (χ1) is 8.85. The highest BCUT2D eigenvalue weighted by Gasteiger charge is 2.37. The van der Waals surface area contributed by atoms with E-state index < -0.39 is 23.6 Å². The molecule has 0 heterocycles. The largest absolute Gasteiger partial charge is 0.508 e. The van der Waals surface area contributed by atoms with Gasteiger partial charge in [0.25, 0.3) is 0 Å². The van der Waals surface area contributed by atoms with Crippen LogP contribution in [0.4, 0.5) is 18.9 Å². The number of benzene rings is 1. The number of aromatic hydroxyl groups is 1. The molecule has 1 aliphatic rings. The van der Waals surface area contributed by atoms with Crippen LogP contribution in [0.15, 0.2) is 18.2 Å². The van der Waals surface area contributed by atoms with Gasteiger partial charge in [-0.3, -0.25) is 4.79 Å². The quantitative estimate of drug-likeness (QED) is 0.868. The van der Waals surface area contributed by atoms with Crippen LogP contribution in [-0.2, 0) is 4.79 Å². The summed E-state index contributed by atoms with van der Waals surface area (Å²) in [6.45, 7) is 0. The monoisotopic (exact) mass is 273 g/mol. The zero-order chi connectivity index (χ0) is 14.0. The standard InChI is InChI=1S/C13H14F3NO2/c14-9-5-10(7-11(18)6-9)17-12(19)8-1-3-13(15,16)4-2-8/h5-8,18H,1-4H2,(H,17,19). The summed E-state index contributed by atoms with van der Waals surface area (Å²) in [5, 5.41) is 11.6. The van der Waals surface area contributed by atoms with Gasteiger partial charge < -0.3 is 10.4 Å². The number of anilines is 1. The van der Waals surface area contributed by atoms with Gasteiger partial charge in [-0.15, -0.1) is 0 Å². The summed E-state index contributed by atoms with van der Waals surface area (Å²) in [6.07, 6.45) is -0.390. The second kappa shape index (κ2) is 5.11. The van der Waals surface area contributed by atoms with Crippen LogP contribution in [0, 0.1) is 11.7 Å². The fourth-order valence-electron chi connectivity index (χ4n) is 2.19. The molecule has 0 radical (unpaired) electrons. The maximum absolute atomic E-state index is 13.0. The second-order valence-electron chi connectivity index (χ2n) is 4.82. The summed E-state index contributed by atoms with van der Waals surface area (Å²) in [7, 11) is 0. The maximum atomic E-state index is 13.0. The first kappa shape index (κ1) is 13.7. The van der Waals surface area contributed by atoms with Gasteiger partial charge in [-0.25, -0.2) is 13.2 Å². The molecule has 0 spiro atoms. The molecule has 104 valence electrons. The van der Waals surface area contributed by atoms with Crippen molar-refractivity contribution in [1.82, 2.24) is 0 Å². The SMILES string of the molecule is O=C(Nc1cc(O)cc(F)c1)C1CCC(F)(F)CC1. The summed E-state index contributed by atoms with van der Waals surface area (Å²) >= 11 is 0. The van der Waals surface area contributed by atoms with E-state index in [0.717, 1.165) is 12.1 Å². The minimum Gasteiger partial charge on any atom is -0.508 e. The van der Waals surface area contributed by atoms with E-state index in [1.54, 1.807) is 0 Å². The van der Waals surface area contributed by atoms with Crippen molar-refractivity contribution in [3.8, 4) is 5.75 Å². The van der Waals surface area contributed by atoms with Gasteiger partial charge >= 0.3 is 0 Å². The molecule has 2 N–H and O–H groups in total. The molecule has 0 aromatic heterocycles. The van der Waals surface area contributed by atoms with E-state index in [9.17, 15) is 23.1 Å². The average molecular weight is 273 g/mol. The minimum absolute atomic E-state index is 0.111. The van der Waals surface area contributed by atoms with Crippen molar-refractivity contribution in [3.05, 3.63) is 24.0 Å². The maximum Gasteiger partial charge on any atom is 0.248 e. The molecule has 1 aromatic rings. The van der Waals surface area contributed by atoms with E-state index in [2.05, 4.69) is 5.32 Å². The highest BCUT2D eigenvalue weighted by Crippen LogP contribution is 2.36. The Hall–Kier alpha value is -1.72. The van der Waals surface area contributed by atoms with Crippen molar-refractivity contribution in [2.75, 3.05) is 5.32 Å². The van der Waals surface area contributed by atoms with Gasteiger partial charge in [-0.1, -0.05) is 0 Å². The van der Waals surface area contributed by atoms with E-state index >= 15 is 0 Å². The number of carbonyl (C=O) groups excluding carboxylic acids is 1. The Balaban J connectivity index is 1.98. The van der Waals surface area contributed by atoms with Gasteiger partial charge in [0.15, 0.2) is 0 Å². The number of phenolic OH excluding ortho intramolecular Hbond substituents is 1. The molecule has 1 fully saturated rings. The molecular formula is C13H14F3NO2. The lowest BCUT2D eigenvalue weighted by atomic mass is 9.86. The molecule has 3 nitrogen and oxygen atoms in total. The van der Waals surface area contributed by atoms with E-state index in [4.69, 9.17) is 0 Å². The van der Waals surface area contributed by atoms with Gasteiger partial charge in [0.1, 0.15) is 11.6 Å². The molecule has 2 rings (SSSR count). The average Bonchev–Trinajstić information content (AvgIpc) is 2.26. The summed E-state index contributed by atoms with van der Waals surface area (Å²) in [5.74, 6) is -4.57. The predicted octanol–water partition coefficient (Wildman–Crippen LogP) is 3.30. The lowest BCUT2D eigenvalue weighted by Crippen LogP contribution is -2.31. The Morgan fingerprint density at radius 1 is 1.26 bits per heavy atom. The van der Waals surface area contributed by atoms with Crippen molar-refractivity contribution in [2.24, 2.45) is 5.92 Å². The molecule has 1 aromatic carbocycles. The lowest BCUT2D eigenvalue weighted by molar-refractivity contribution is -0.124. The second-order valence-corrected chi connectivity index (χ2v) is 4.82. The Labute approximate surface area is 108 Å². The number of carbonyl (C=O) groups is 1. The Kier molecular flexibility index (Phi) is 3.68. The molecule has 1 saturated carbocycles. The molecule has 0 saturated heterocycles. The van der Waals surface area contributed by atoms with Crippen LogP contribution in [-0.4, -0.2) is 16.9 Å². The lowest BCUT2D eigenvalue weighted by Gasteiger charge is -2.27. The van der Waals surface area contributed by atoms with Crippen LogP contribution in [0.25, 0.3) is 0 Å². The highest BCUT2D eigenvalue weighted by atomic mass is 19.3. The van der Waals surface area contributed by atoms with Crippen molar-refractivity contribution in [2.45, 2.75) is 31.6 Å². The Morgan fingerprint density at radius 3 is 2.47 bits per heavy atom. The number of rotatable bonds is 2. The van der Waals surface area contributed by atoms with Gasteiger partial charge in [-0.2, -0.15) is 0 Å². The number of hydrogen-bond acceptors (Lipinski definition) is 2. The fraction of sp³-hybridized carbons (Fsp3) is 0.462. The number of nitrogens with one attached hydrogen (secondary N) is 1.